The van der Waals surface area contributed by atoms with Crippen LogP contribution in [0.2, 0.25) is 0 Å². The van der Waals surface area contributed by atoms with Crippen molar-refractivity contribution in [1.29, 1.82) is 0 Å². The monoisotopic (exact) mass is 446 g/mol. The maximum absolute atomic E-state index is 14.3. The third kappa shape index (κ3) is 4.22. The van der Waals surface area contributed by atoms with Crippen LogP contribution in [0.3, 0.4) is 0 Å². The van der Waals surface area contributed by atoms with E-state index >= 15 is 0 Å². The number of carbonyl (C=O) groups is 1. The minimum atomic E-state index is -2.39. The molecule has 1 saturated heterocycles. The molecule has 178 valence electrons. The second-order valence-electron chi connectivity index (χ2n) is 11.8. The van der Waals surface area contributed by atoms with Crippen LogP contribution in [-0.4, -0.2) is 36.4 Å². The SMILES string of the molecule is CCC[C@H]1CC2(C(=O)N3CC[C@H](N)C(C)(C)C3)CC(C(F)F)CC(c3ccccc3)(C1)C2. The maximum Gasteiger partial charge on any atom is 0.241 e. The molecule has 2 aliphatic carbocycles. The standard InChI is InChI=1S/C27H40F2N2O/c1-4-8-19-13-26(21-9-6-5-7-10-21)15-20(23(28)29)16-27(14-19,17-26)24(32)31-12-11-22(30)25(2,3)18-31/h5-7,9-10,19-20,22-23H,4,8,11-18,30H2,1-3H3/t19-,20?,22+,26?,27?/m1/s1. The van der Waals surface area contributed by atoms with Crippen LogP contribution < -0.4 is 5.73 Å². The van der Waals surface area contributed by atoms with Gasteiger partial charge in [-0.1, -0.05) is 63.9 Å². The van der Waals surface area contributed by atoms with Crippen molar-refractivity contribution in [2.45, 2.75) is 90.0 Å². The lowest BCUT2D eigenvalue weighted by Gasteiger charge is -2.58. The molecule has 3 nitrogen and oxygen atoms in total. The topological polar surface area (TPSA) is 46.3 Å². The van der Waals surface area contributed by atoms with Crippen LogP contribution in [0.1, 0.15) is 77.7 Å². The average molecular weight is 447 g/mol. The number of rotatable bonds is 5. The number of nitrogens with two attached hydrogens (primary N) is 1. The molecule has 0 radical (unpaired) electrons. The summed E-state index contributed by atoms with van der Waals surface area (Å²) in [6.45, 7) is 7.68. The van der Waals surface area contributed by atoms with Crippen molar-refractivity contribution >= 4 is 5.91 Å². The predicted octanol–water partition coefficient (Wildman–Crippen LogP) is 5.77. The van der Waals surface area contributed by atoms with Gasteiger partial charge in [0.2, 0.25) is 12.3 Å². The average Bonchev–Trinajstić information content (AvgIpc) is 2.75. The van der Waals surface area contributed by atoms with E-state index in [0.717, 1.165) is 37.7 Å². The Hall–Kier alpha value is -1.49. The molecule has 3 fully saturated rings. The normalized spacial score (nSPS) is 36.8. The minimum Gasteiger partial charge on any atom is -0.342 e. The zero-order chi connectivity index (χ0) is 23.1. The molecular weight excluding hydrogens is 406 g/mol. The number of nitrogens with zero attached hydrogens (tertiary/aromatic N) is 1. The van der Waals surface area contributed by atoms with E-state index in [-0.39, 0.29) is 22.8 Å². The van der Waals surface area contributed by atoms with Crippen molar-refractivity contribution in [2.75, 3.05) is 13.1 Å². The fraction of sp³-hybridized carbons (Fsp3) is 0.741. The number of hydrogen-bond acceptors (Lipinski definition) is 2. The summed E-state index contributed by atoms with van der Waals surface area (Å²) >= 11 is 0. The summed E-state index contributed by atoms with van der Waals surface area (Å²) in [6, 6.07) is 10.3. The first-order chi connectivity index (χ1) is 15.1. The van der Waals surface area contributed by atoms with Gasteiger partial charge < -0.3 is 10.6 Å². The molecule has 1 amide bonds. The Morgan fingerprint density at radius 1 is 1.16 bits per heavy atom. The molecular formula is C27H40F2N2O. The molecule has 1 heterocycles. The van der Waals surface area contributed by atoms with Crippen LogP contribution in [0.5, 0.6) is 0 Å². The van der Waals surface area contributed by atoms with Crippen molar-refractivity contribution in [2.24, 2.45) is 28.4 Å². The molecule has 3 aliphatic rings. The van der Waals surface area contributed by atoms with E-state index in [1.54, 1.807) is 0 Å². The van der Waals surface area contributed by atoms with Crippen LogP contribution in [-0.2, 0) is 10.2 Å². The Balaban J connectivity index is 1.74. The number of alkyl halides is 2. The maximum atomic E-state index is 14.3. The van der Waals surface area contributed by atoms with Gasteiger partial charge in [0.05, 0.1) is 5.41 Å². The molecule has 0 aromatic heterocycles. The number of carbonyl (C=O) groups excluding carboxylic acids is 1. The zero-order valence-electron chi connectivity index (χ0n) is 20.0. The minimum absolute atomic E-state index is 0.0619. The third-order valence-electron chi connectivity index (χ3n) is 8.83. The van der Waals surface area contributed by atoms with Gasteiger partial charge in [0.15, 0.2) is 0 Å². The lowest BCUT2D eigenvalue weighted by atomic mass is 9.47. The first-order valence-electron chi connectivity index (χ1n) is 12.5. The molecule has 0 spiro atoms. The number of likely N-dealkylation sites (tertiary alicyclic amines) is 1. The van der Waals surface area contributed by atoms with Crippen LogP contribution in [0.25, 0.3) is 0 Å². The summed E-state index contributed by atoms with van der Waals surface area (Å²) in [4.78, 5) is 16.2. The highest BCUT2D eigenvalue weighted by Crippen LogP contribution is 2.62. The van der Waals surface area contributed by atoms with Gasteiger partial charge in [0.1, 0.15) is 0 Å². The summed E-state index contributed by atoms with van der Waals surface area (Å²) in [5.41, 5.74) is 6.29. The van der Waals surface area contributed by atoms with E-state index in [1.165, 1.54) is 0 Å². The molecule has 1 aromatic rings. The van der Waals surface area contributed by atoms with Crippen molar-refractivity contribution < 1.29 is 13.6 Å². The van der Waals surface area contributed by atoms with E-state index in [1.807, 2.05) is 23.1 Å². The Labute approximate surface area is 192 Å². The number of benzene rings is 1. The van der Waals surface area contributed by atoms with Crippen LogP contribution in [0.15, 0.2) is 30.3 Å². The summed E-state index contributed by atoms with van der Waals surface area (Å²) < 4.78 is 28.5. The Morgan fingerprint density at radius 2 is 1.88 bits per heavy atom. The Kier molecular flexibility index (Phi) is 6.43. The van der Waals surface area contributed by atoms with Gasteiger partial charge in [-0.15, -0.1) is 0 Å². The number of piperidine rings is 1. The summed E-state index contributed by atoms with van der Waals surface area (Å²) in [5, 5.41) is 0. The van der Waals surface area contributed by atoms with Crippen molar-refractivity contribution in [3.63, 3.8) is 0 Å². The van der Waals surface area contributed by atoms with Gasteiger partial charge in [-0.3, -0.25) is 4.79 Å². The smallest absolute Gasteiger partial charge is 0.241 e. The van der Waals surface area contributed by atoms with Gasteiger partial charge in [-0.05, 0) is 60.8 Å². The molecule has 32 heavy (non-hydrogen) atoms. The van der Waals surface area contributed by atoms with E-state index in [4.69, 9.17) is 5.73 Å². The number of fused-ring (bicyclic) bond motifs is 2. The fourth-order valence-electron chi connectivity index (χ4n) is 7.41. The Bertz CT molecular complexity index is 813. The van der Waals surface area contributed by atoms with Gasteiger partial charge in [-0.25, -0.2) is 8.78 Å². The first kappa shape index (κ1) is 23.7. The molecule has 1 aliphatic heterocycles. The zero-order valence-corrected chi connectivity index (χ0v) is 20.0. The number of hydrogen-bond donors (Lipinski definition) is 1. The summed E-state index contributed by atoms with van der Waals surface area (Å²) in [7, 11) is 0. The molecule has 4 rings (SSSR count). The van der Waals surface area contributed by atoms with Crippen LogP contribution >= 0.6 is 0 Å². The van der Waals surface area contributed by atoms with Crippen LogP contribution in [0.4, 0.5) is 8.78 Å². The first-order valence-corrected chi connectivity index (χ1v) is 12.5. The van der Waals surface area contributed by atoms with E-state index in [9.17, 15) is 13.6 Å². The predicted molar refractivity (Wildman–Crippen MR) is 124 cm³/mol. The van der Waals surface area contributed by atoms with Crippen molar-refractivity contribution in [1.82, 2.24) is 4.90 Å². The van der Waals surface area contributed by atoms with Gasteiger partial charge in [0, 0.05) is 25.0 Å². The highest BCUT2D eigenvalue weighted by molar-refractivity contribution is 5.83. The number of halogens is 2. The molecule has 2 saturated carbocycles. The van der Waals surface area contributed by atoms with Crippen LogP contribution in [0, 0.1) is 22.7 Å². The van der Waals surface area contributed by atoms with Gasteiger partial charge in [-0.2, -0.15) is 0 Å². The van der Waals surface area contributed by atoms with Crippen molar-refractivity contribution in [3.05, 3.63) is 35.9 Å². The van der Waals surface area contributed by atoms with E-state index < -0.39 is 17.8 Å². The highest BCUT2D eigenvalue weighted by Gasteiger charge is 2.59. The largest absolute Gasteiger partial charge is 0.342 e. The highest BCUT2D eigenvalue weighted by atomic mass is 19.3. The summed E-state index contributed by atoms with van der Waals surface area (Å²) in [6.07, 6.45) is 3.68. The lowest BCUT2D eigenvalue weighted by Crippen LogP contribution is -2.61. The Morgan fingerprint density at radius 3 is 2.50 bits per heavy atom. The molecule has 5 heteroatoms. The van der Waals surface area contributed by atoms with E-state index in [2.05, 4.69) is 32.9 Å². The quantitative estimate of drug-likeness (QED) is 0.624. The second-order valence-corrected chi connectivity index (χ2v) is 11.8. The molecule has 5 atom stereocenters. The molecule has 2 bridgehead atoms. The van der Waals surface area contributed by atoms with Gasteiger partial charge in [0.25, 0.3) is 0 Å². The number of amides is 1. The molecule has 2 N–H and O–H groups in total. The third-order valence-corrected chi connectivity index (χ3v) is 8.83. The van der Waals surface area contributed by atoms with Crippen molar-refractivity contribution in [3.8, 4) is 0 Å². The molecule has 1 aromatic carbocycles. The lowest BCUT2D eigenvalue weighted by molar-refractivity contribution is -0.160. The summed E-state index contributed by atoms with van der Waals surface area (Å²) in [5.74, 6) is -0.212. The van der Waals surface area contributed by atoms with Gasteiger partial charge >= 0.3 is 0 Å². The molecule has 3 unspecified atom stereocenters. The fourth-order valence-corrected chi connectivity index (χ4v) is 7.41. The van der Waals surface area contributed by atoms with E-state index in [0.29, 0.717) is 38.3 Å². The second kappa shape index (κ2) is 8.70.